The predicted octanol–water partition coefficient (Wildman–Crippen LogP) is 4.24. The summed E-state index contributed by atoms with van der Waals surface area (Å²) in [5, 5.41) is 0. The second-order valence-corrected chi connectivity index (χ2v) is 7.74. The van der Waals surface area contributed by atoms with Gasteiger partial charge in [-0.05, 0) is 44.5 Å². The monoisotopic (exact) mass is 402 g/mol. The van der Waals surface area contributed by atoms with Crippen LogP contribution in [0.15, 0.2) is 60.9 Å². The molecule has 1 saturated heterocycles. The van der Waals surface area contributed by atoms with Gasteiger partial charge in [-0.15, -0.1) is 0 Å². The molecule has 0 N–H and O–H groups in total. The van der Waals surface area contributed by atoms with Gasteiger partial charge in [0.1, 0.15) is 17.9 Å². The Morgan fingerprint density at radius 2 is 1.80 bits per heavy atom. The van der Waals surface area contributed by atoms with Gasteiger partial charge in [-0.2, -0.15) is 0 Å². The van der Waals surface area contributed by atoms with Gasteiger partial charge >= 0.3 is 0 Å². The second-order valence-electron chi connectivity index (χ2n) is 7.74. The van der Waals surface area contributed by atoms with E-state index in [1.165, 1.54) is 6.33 Å². The summed E-state index contributed by atoms with van der Waals surface area (Å²) in [4.78, 5) is 25.7. The Kier molecular flexibility index (Phi) is 5.65. The van der Waals surface area contributed by atoms with Gasteiger partial charge in [0.25, 0.3) is 5.91 Å². The normalized spacial score (nSPS) is 16.4. The van der Waals surface area contributed by atoms with Gasteiger partial charge in [0.2, 0.25) is 5.88 Å². The van der Waals surface area contributed by atoms with E-state index in [-0.39, 0.29) is 11.9 Å². The third kappa shape index (κ3) is 4.27. The molecule has 6 heteroatoms. The number of aromatic nitrogens is 2. The van der Waals surface area contributed by atoms with Crippen molar-refractivity contribution in [1.29, 1.82) is 0 Å². The maximum Gasteiger partial charge on any atom is 0.254 e. The van der Waals surface area contributed by atoms with Gasteiger partial charge in [-0.3, -0.25) is 4.79 Å². The van der Waals surface area contributed by atoms with E-state index in [1.807, 2.05) is 73.3 Å². The van der Waals surface area contributed by atoms with Crippen LogP contribution >= 0.6 is 0 Å². The van der Waals surface area contributed by atoms with Crippen molar-refractivity contribution in [2.75, 3.05) is 24.5 Å². The topological polar surface area (TPSA) is 58.6 Å². The molecule has 6 nitrogen and oxygen atoms in total. The minimum absolute atomic E-state index is 0.0725. The van der Waals surface area contributed by atoms with Gasteiger partial charge in [0, 0.05) is 37.3 Å². The zero-order valence-electron chi connectivity index (χ0n) is 17.6. The van der Waals surface area contributed by atoms with Crippen molar-refractivity contribution in [2.24, 2.45) is 0 Å². The highest BCUT2D eigenvalue weighted by Crippen LogP contribution is 2.26. The van der Waals surface area contributed by atoms with Gasteiger partial charge < -0.3 is 14.5 Å². The maximum absolute atomic E-state index is 12.9. The average molecular weight is 402 g/mol. The largest absolute Gasteiger partial charge is 0.439 e. The number of hydrogen-bond acceptors (Lipinski definition) is 5. The number of ether oxygens (including phenoxy) is 1. The fourth-order valence-electron chi connectivity index (χ4n) is 3.67. The predicted molar refractivity (Wildman–Crippen MR) is 117 cm³/mol. The SMILES string of the molecule is Cc1ccc(C(=O)N2CCN(c3cc(Oc4ccccc4C)ncn3)C[C@H]2C)cc1. The van der Waals surface area contributed by atoms with Crippen LogP contribution in [0.3, 0.4) is 0 Å². The van der Waals surface area contributed by atoms with Crippen molar-refractivity contribution in [3.8, 4) is 11.6 Å². The van der Waals surface area contributed by atoms with Crippen LogP contribution in [-0.2, 0) is 0 Å². The van der Waals surface area contributed by atoms with E-state index in [9.17, 15) is 4.79 Å². The molecule has 1 amide bonds. The van der Waals surface area contributed by atoms with Crippen LogP contribution in [0.5, 0.6) is 11.6 Å². The van der Waals surface area contributed by atoms with Gasteiger partial charge in [-0.1, -0.05) is 35.9 Å². The standard InChI is InChI=1S/C24H26N4O2/c1-17-8-10-20(11-9-17)24(29)28-13-12-27(15-19(28)3)22-14-23(26-16-25-22)30-21-7-5-4-6-18(21)2/h4-11,14,16,19H,12-13,15H2,1-3H3/t19-/m1/s1. The number of carbonyl (C=O) groups is 1. The van der Waals surface area contributed by atoms with E-state index < -0.39 is 0 Å². The minimum Gasteiger partial charge on any atom is -0.439 e. The highest BCUT2D eigenvalue weighted by atomic mass is 16.5. The van der Waals surface area contributed by atoms with Crippen LogP contribution < -0.4 is 9.64 Å². The molecule has 1 aliphatic rings. The maximum atomic E-state index is 12.9. The van der Waals surface area contributed by atoms with Crippen LogP contribution in [0.2, 0.25) is 0 Å². The van der Waals surface area contributed by atoms with Crippen LogP contribution in [-0.4, -0.2) is 46.5 Å². The fourth-order valence-corrected chi connectivity index (χ4v) is 3.67. The summed E-state index contributed by atoms with van der Waals surface area (Å²) in [5.41, 5.74) is 2.93. The lowest BCUT2D eigenvalue weighted by atomic mass is 10.1. The van der Waals surface area contributed by atoms with Crippen LogP contribution in [0.1, 0.15) is 28.4 Å². The number of anilines is 1. The lowest BCUT2D eigenvalue weighted by Crippen LogP contribution is -2.54. The zero-order valence-corrected chi connectivity index (χ0v) is 17.6. The molecule has 0 aliphatic carbocycles. The molecule has 1 aliphatic heterocycles. The summed E-state index contributed by atoms with van der Waals surface area (Å²) in [6.07, 6.45) is 1.53. The molecule has 1 aromatic heterocycles. The van der Waals surface area contributed by atoms with Crippen LogP contribution in [0.25, 0.3) is 0 Å². The first kappa shape index (κ1) is 19.9. The highest BCUT2D eigenvalue weighted by molar-refractivity contribution is 5.94. The highest BCUT2D eigenvalue weighted by Gasteiger charge is 2.29. The number of benzene rings is 2. The Labute approximate surface area is 177 Å². The lowest BCUT2D eigenvalue weighted by Gasteiger charge is -2.40. The summed E-state index contributed by atoms with van der Waals surface area (Å²) >= 11 is 0. The Hall–Kier alpha value is -3.41. The summed E-state index contributed by atoms with van der Waals surface area (Å²) in [6, 6.07) is 17.5. The van der Waals surface area contributed by atoms with Crippen molar-refractivity contribution in [1.82, 2.24) is 14.9 Å². The van der Waals surface area contributed by atoms with Gasteiger partial charge in [-0.25, -0.2) is 9.97 Å². The number of rotatable bonds is 4. The summed E-state index contributed by atoms with van der Waals surface area (Å²) in [6.45, 7) is 8.16. The third-order valence-corrected chi connectivity index (χ3v) is 5.45. The number of hydrogen-bond donors (Lipinski definition) is 0. The molecule has 154 valence electrons. The molecule has 4 rings (SSSR count). The molecule has 1 fully saturated rings. The smallest absolute Gasteiger partial charge is 0.254 e. The van der Waals surface area contributed by atoms with Crippen molar-refractivity contribution >= 4 is 11.7 Å². The first-order valence-corrected chi connectivity index (χ1v) is 10.2. The molecule has 0 saturated carbocycles. The Morgan fingerprint density at radius 1 is 1.03 bits per heavy atom. The van der Waals surface area contributed by atoms with E-state index in [0.29, 0.717) is 25.5 Å². The molecular formula is C24H26N4O2. The van der Waals surface area contributed by atoms with Crippen molar-refractivity contribution in [2.45, 2.75) is 26.8 Å². The number of para-hydroxylation sites is 1. The molecular weight excluding hydrogens is 376 g/mol. The Morgan fingerprint density at radius 3 is 2.53 bits per heavy atom. The molecule has 3 aromatic rings. The van der Waals surface area contributed by atoms with Crippen molar-refractivity contribution in [3.63, 3.8) is 0 Å². The van der Waals surface area contributed by atoms with E-state index in [0.717, 1.165) is 28.3 Å². The quantitative estimate of drug-likeness (QED) is 0.653. The third-order valence-electron chi connectivity index (χ3n) is 5.45. The van der Waals surface area contributed by atoms with E-state index in [2.05, 4.69) is 21.8 Å². The van der Waals surface area contributed by atoms with E-state index in [4.69, 9.17) is 4.74 Å². The van der Waals surface area contributed by atoms with Crippen molar-refractivity contribution < 1.29 is 9.53 Å². The molecule has 0 radical (unpaired) electrons. The van der Waals surface area contributed by atoms with E-state index in [1.54, 1.807) is 0 Å². The summed E-state index contributed by atoms with van der Waals surface area (Å²) < 4.78 is 5.95. The zero-order chi connectivity index (χ0) is 21.1. The second kappa shape index (κ2) is 8.53. The molecule has 0 bridgehead atoms. The number of carbonyl (C=O) groups excluding carboxylic acids is 1. The molecule has 2 heterocycles. The first-order chi connectivity index (χ1) is 14.5. The van der Waals surface area contributed by atoms with Crippen LogP contribution in [0.4, 0.5) is 5.82 Å². The fraction of sp³-hybridized carbons (Fsp3) is 0.292. The number of nitrogens with zero attached hydrogens (tertiary/aromatic N) is 4. The summed E-state index contributed by atoms with van der Waals surface area (Å²) in [5.74, 6) is 2.18. The minimum atomic E-state index is 0.0725. The number of aryl methyl sites for hydroxylation is 2. The molecule has 1 atom stereocenters. The molecule has 30 heavy (non-hydrogen) atoms. The Balaban J connectivity index is 1.45. The molecule has 0 unspecified atom stereocenters. The molecule has 0 spiro atoms. The number of amides is 1. The van der Waals surface area contributed by atoms with E-state index >= 15 is 0 Å². The number of piperazine rings is 1. The average Bonchev–Trinajstić information content (AvgIpc) is 2.75. The van der Waals surface area contributed by atoms with Crippen molar-refractivity contribution in [3.05, 3.63) is 77.6 Å². The van der Waals surface area contributed by atoms with Gasteiger partial charge in [0.05, 0.1) is 0 Å². The van der Waals surface area contributed by atoms with Gasteiger partial charge in [0.15, 0.2) is 0 Å². The van der Waals surface area contributed by atoms with Crippen LogP contribution in [0, 0.1) is 13.8 Å². The Bertz CT molecular complexity index is 1040. The lowest BCUT2D eigenvalue weighted by molar-refractivity contribution is 0.0673. The first-order valence-electron chi connectivity index (χ1n) is 10.2. The molecule has 2 aromatic carbocycles. The summed E-state index contributed by atoms with van der Waals surface area (Å²) in [7, 11) is 0.